The molecule has 0 amide bonds. The number of benzene rings is 1. The van der Waals surface area contributed by atoms with Gasteiger partial charge in [-0.25, -0.2) is 0 Å². The van der Waals surface area contributed by atoms with Gasteiger partial charge in [0, 0.05) is 17.6 Å². The minimum atomic E-state index is 0.729. The Morgan fingerprint density at radius 1 is 1.28 bits per heavy atom. The average Bonchev–Trinajstić information content (AvgIpc) is 2.35. The van der Waals surface area contributed by atoms with Gasteiger partial charge in [-0.15, -0.1) is 0 Å². The molecule has 2 aromatic rings. The van der Waals surface area contributed by atoms with Crippen LogP contribution < -0.4 is 11.1 Å². The third kappa shape index (κ3) is 3.00. The first kappa shape index (κ1) is 12.4. The lowest BCUT2D eigenvalue weighted by atomic mass is 10.1. The van der Waals surface area contributed by atoms with Gasteiger partial charge in [-0.2, -0.15) is 0 Å². The third-order valence-electron chi connectivity index (χ3n) is 2.93. The molecule has 94 valence electrons. The second-order valence-corrected chi connectivity index (χ2v) is 4.45. The van der Waals surface area contributed by atoms with Crippen LogP contribution in [0.1, 0.15) is 23.7 Å². The summed E-state index contributed by atoms with van der Waals surface area (Å²) in [5.41, 5.74) is 11.2. The van der Waals surface area contributed by atoms with Crippen molar-refractivity contribution >= 4 is 11.4 Å². The number of hydrogen-bond acceptors (Lipinski definition) is 3. The fourth-order valence-corrected chi connectivity index (χ4v) is 2.05. The molecule has 0 atom stereocenters. The normalized spacial score (nSPS) is 10.3. The molecule has 0 fully saturated rings. The van der Waals surface area contributed by atoms with Gasteiger partial charge < -0.3 is 11.1 Å². The second kappa shape index (κ2) is 5.54. The highest BCUT2D eigenvalue weighted by molar-refractivity contribution is 5.56. The van der Waals surface area contributed by atoms with Crippen LogP contribution in [0.3, 0.4) is 0 Å². The Labute approximate surface area is 108 Å². The molecule has 0 aliphatic heterocycles. The van der Waals surface area contributed by atoms with Crippen LogP contribution in [0.5, 0.6) is 0 Å². The monoisotopic (exact) mass is 241 g/mol. The van der Waals surface area contributed by atoms with E-state index in [9.17, 15) is 0 Å². The quantitative estimate of drug-likeness (QED) is 0.808. The Morgan fingerprint density at radius 2 is 2.11 bits per heavy atom. The standard InChI is InChI=1S/C15H19N3/c1-3-12-5-4-6-17-15(12)10-18-14-8-11(2)7-13(16)9-14/h4-9,18H,3,10,16H2,1-2H3. The van der Waals surface area contributed by atoms with Crippen molar-refractivity contribution in [3.63, 3.8) is 0 Å². The van der Waals surface area contributed by atoms with Gasteiger partial charge in [-0.3, -0.25) is 4.98 Å². The number of nitrogens with two attached hydrogens (primary N) is 1. The predicted octanol–water partition coefficient (Wildman–Crippen LogP) is 3.15. The zero-order chi connectivity index (χ0) is 13.0. The fraction of sp³-hybridized carbons (Fsp3) is 0.267. The van der Waals surface area contributed by atoms with Gasteiger partial charge in [0.15, 0.2) is 0 Å². The van der Waals surface area contributed by atoms with Crippen molar-refractivity contribution in [1.82, 2.24) is 4.98 Å². The van der Waals surface area contributed by atoms with E-state index in [2.05, 4.69) is 29.4 Å². The maximum atomic E-state index is 5.83. The maximum Gasteiger partial charge on any atom is 0.0626 e. The summed E-state index contributed by atoms with van der Waals surface area (Å²) in [4.78, 5) is 4.42. The van der Waals surface area contributed by atoms with Gasteiger partial charge in [-0.1, -0.05) is 13.0 Å². The first-order valence-corrected chi connectivity index (χ1v) is 6.23. The lowest BCUT2D eigenvalue weighted by molar-refractivity contribution is 0.971. The van der Waals surface area contributed by atoms with E-state index < -0.39 is 0 Å². The number of pyridine rings is 1. The minimum absolute atomic E-state index is 0.729. The van der Waals surface area contributed by atoms with Gasteiger partial charge >= 0.3 is 0 Å². The number of nitrogen functional groups attached to an aromatic ring is 1. The van der Waals surface area contributed by atoms with Crippen LogP contribution in [0, 0.1) is 6.92 Å². The molecule has 3 N–H and O–H groups in total. The summed E-state index contributed by atoms with van der Waals surface area (Å²) in [6, 6.07) is 10.1. The number of aryl methyl sites for hydroxylation is 2. The van der Waals surface area contributed by atoms with E-state index in [4.69, 9.17) is 5.73 Å². The molecule has 0 unspecified atom stereocenters. The number of rotatable bonds is 4. The summed E-state index contributed by atoms with van der Waals surface area (Å²) in [6.45, 7) is 4.91. The Morgan fingerprint density at radius 3 is 2.83 bits per heavy atom. The highest BCUT2D eigenvalue weighted by atomic mass is 14.9. The Balaban J connectivity index is 2.11. The summed E-state index contributed by atoms with van der Waals surface area (Å²) >= 11 is 0. The average molecular weight is 241 g/mol. The molecule has 18 heavy (non-hydrogen) atoms. The van der Waals surface area contributed by atoms with Crippen LogP contribution in [-0.4, -0.2) is 4.98 Å². The van der Waals surface area contributed by atoms with Crippen molar-refractivity contribution in [1.29, 1.82) is 0 Å². The van der Waals surface area contributed by atoms with Crippen LogP contribution in [0.2, 0.25) is 0 Å². The molecule has 0 bridgehead atoms. The molecule has 0 spiro atoms. The van der Waals surface area contributed by atoms with E-state index >= 15 is 0 Å². The Hall–Kier alpha value is -2.03. The van der Waals surface area contributed by atoms with Gasteiger partial charge in [0.25, 0.3) is 0 Å². The van der Waals surface area contributed by atoms with Crippen molar-refractivity contribution in [3.05, 3.63) is 53.3 Å². The summed E-state index contributed by atoms with van der Waals surface area (Å²) in [5.74, 6) is 0. The zero-order valence-corrected chi connectivity index (χ0v) is 10.9. The van der Waals surface area contributed by atoms with E-state index in [0.29, 0.717) is 0 Å². The summed E-state index contributed by atoms with van der Waals surface area (Å²) < 4.78 is 0. The first-order chi connectivity index (χ1) is 8.69. The zero-order valence-electron chi connectivity index (χ0n) is 10.9. The Kier molecular flexibility index (Phi) is 3.82. The first-order valence-electron chi connectivity index (χ1n) is 6.23. The topological polar surface area (TPSA) is 50.9 Å². The smallest absolute Gasteiger partial charge is 0.0626 e. The number of hydrogen-bond donors (Lipinski definition) is 2. The highest BCUT2D eigenvalue weighted by Gasteiger charge is 2.02. The molecular weight excluding hydrogens is 222 g/mol. The molecule has 0 saturated carbocycles. The minimum Gasteiger partial charge on any atom is -0.399 e. The van der Waals surface area contributed by atoms with E-state index in [-0.39, 0.29) is 0 Å². The molecule has 0 aliphatic carbocycles. The van der Waals surface area contributed by atoms with Crippen LogP contribution in [0.4, 0.5) is 11.4 Å². The van der Waals surface area contributed by atoms with Gasteiger partial charge in [0.05, 0.1) is 12.2 Å². The van der Waals surface area contributed by atoms with E-state index in [1.165, 1.54) is 5.56 Å². The number of nitrogens with one attached hydrogen (secondary N) is 1. The van der Waals surface area contributed by atoms with Crippen LogP contribution in [-0.2, 0) is 13.0 Å². The highest BCUT2D eigenvalue weighted by Crippen LogP contribution is 2.17. The number of anilines is 2. The largest absolute Gasteiger partial charge is 0.399 e. The molecule has 0 aliphatic rings. The van der Waals surface area contributed by atoms with E-state index in [1.54, 1.807) is 0 Å². The summed E-state index contributed by atoms with van der Waals surface area (Å²) in [6.07, 6.45) is 2.83. The summed E-state index contributed by atoms with van der Waals surface area (Å²) in [7, 11) is 0. The molecule has 1 aromatic heterocycles. The van der Waals surface area contributed by atoms with Gasteiger partial charge in [0.2, 0.25) is 0 Å². The van der Waals surface area contributed by atoms with Crippen LogP contribution >= 0.6 is 0 Å². The van der Waals surface area contributed by atoms with Crippen molar-refractivity contribution < 1.29 is 0 Å². The second-order valence-electron chi connectivity index (χ2n) is 4.45. The third-order valence-corrected chi connectivity index (χ3v) is 2.93. The summed E-state index contributed by atoms with van der Waals surface area (Å²) in [5, 5.41) is 3.37. The van der Waals surface area contributed by atoms with Crippen molar-refractivity contribution in [3.8, 4) is 0 Å². The molecule has 0 saturated heterocycles. The van der Waals surface area contributed by atoms with E-state index in [1.807, 2.05) is 31.3 Å². The van der Waals surface area contributed by atoms with Gasteiger partial charge in [-0.05, 0) is 48.7 Å². The van der Waals surface area contributed by atoms with Crippen molar-refractivity contribution in [2.24, 2.45) is 0 Å². The van der Waals surface area contributed by atoms with Crippen molar-refractivity contribution in [2.45, 2.75) is 26.8 Å². The molecule has 3 heteroatoms. The molecule has 0 radical (unpaired) electrons. The Bertz CT molecular complexity index is 515. The van der Waals surface area contributed by atoms with Gasteiger partial charge in [0.1, 0.15) is 0 Å². The number of nitrogens with zero attached hydrogens (tertiary/aromatic N) is 1. The lowest BCUT2D eigenvalue weighted by Gasteiger charge is -2.10. The van der Waals surface area contributed by atoms with Crippen molar-refractivity contribution in [2.75, 3.05) is 11.1 Å². The van der Waals surface area contributed by atoms with Crippen LogP contribution in [0.15, 0.2) is 36.5 Å². The maximum absolute atomic E-state index is 5.83. The predicted molar refractivity (Wildman–Crippen MR) is 76.5 cm³/mol. The molecule has 2 rings (SSSR count). The lowest BCUT2D eigenvalue weighted by Crippen LogP contribution is -2.05. The molecule has 1 aromatic carbocycles. The SMILES string of the molecule is CCc1cccnc1CNc1cc(C)cc(N)c1. The molecule has 1 heterocycles. The molecular formula is C15H19N3. The van der Waals surface area contributed by atoms with E-state index in [0.717, 1.165) is 35.6 Å². The van der Waals surface area contributed by atoms with Crippen LogP contribution in [0.25, 0.3) is 0 Å². The molecule has 3 nitrogen and oxygen atoms in total. The number of aromatic nitrogens is 1. The fourth-order valence-electron chi connectivity index (χ4n) is 2.05.